The first-order valence-electron chi connectivity index (χ1n) is 5.70. The van der Waals surface area contributed by atoms with E-state index in [2.05, 4.69) is 15.0 Å². The van der Waals surface area contributed by atoms with Gasteiger partial charge in [0.2, 0.25) is 7.59 Å². The van der Waals surface area contributed by atoms with Crippen LogP contribution in [-0.4, -0.2) is 15.0 Å². The number of nitrogens with zero attached hydrogens (tertiary/aromatic N) is 3. The molecular weight excluding hydrogens is 415 g/mol. The van der Waals surface area contributed by atoms with Crippen LogP contribution < -0.4 is 0 Å². The second-order valence-electron chi connectivity index (χ2n) is 4.14. The SMILES string of the molecule is Cc1ccoc1/C=C/c1nc(C(Cl)(Cl)Cl)nc(C(Cl)(Cl)Cl)n1. The predicted octanol–water partition coefficient (Wildman–Crippen LogP) is 5.60. The third-order valence-electron chi connectivity index (χ3n) is 2.45. The van der Waals surface area contributed by atoms with Crippen molar-refractivity contribution in [2.45, 2.75) is 14.5 Å². The van der Waals surface area contributed by atoms with Crippen molar-refractivity contribution in [2.75, 3.05) is 0 Å². The Labute approximate surface area is 156 Å². The van der Waals surface area contributed by atoms with Crippen molar-refractivity contribution in [1.82, 2.24) is 15.0 Å². The highest BCUT2D eigenvalue weighted by Crippen LogP contribution is 2.39. The van der Waals surface area contributed by atoms with Crippen LogP contribution in [0.2, 0.25) is 0 Å². The van der Waals surface area contributed by atoms with Crippen LogP contribution in [0.25, 0.3) is 12.2 Å². The monoisotopic (exact) mass is 419 g/mol. The van der Waals surface area contributed by atoms with E-state index in [1.54, 1.807) is 12.3 Å². The minimum atomic E-state index is -1.88. The Hall–Kier alpha value is -0.230. The fraction of sp³-hybridized carbons (Fsp3) is 0.250. The Bertz CT molecular complexity index is 669. The molecule has 118 valence electrons. The lowest BCUT2D eigenvalue weighted by Crippen LogP contribution is -2.16. The van der Waals surface area contributed by atoms with Gasteiger partial charge < -0.3 is 4.42 Å². The summed E-state index contributed by atoms with van der Waals surface area (Å²) in [4.78, 5) is 11.9. The van der Waals surface area contributed by atoms with Gasteiger partial charge in [-0.1, -0.05) is 69.6 Å². The van der Waals surface area contributed by atoms with Gasteiger partial charge in [-0.05, 0) is 30.7 Å². The van der Waals surface area contributed by atoms with Crippen LogP contribution >= 0.6 is 69.6 Å². The van der Waals surface area contributed by atoms with E-state index in [-0.39, 0.29) is 17.5 Å². The lowest BCUT2D eigenvalue weighted by Gasteiger charge is -2.14. The van der Waals surface area contributed by atoms with Gasteiger partial charge in [-0.15, -0.1) is 0 Å². The number of hydrogen-bond acceptors (Lipinski definition) is 4. The zero-order chi connectivity index (χ0) is 16.5. The van der Waals surface area contributed by atoms with E-state index >= 15 is 0 Å². The Kier molecular flexibility index (Phi) is 5.53. The molecule has 2 rings (SSSR count). The number of alkyl halides is 6. The molecule has 2 aromatic heterocycles. The summed E-state index contributed by atoms with van der Waals surface area (Å²) in [6.45, 7) is 1.88. The fourth-order valence-electron chi connectivity index (χ4n) is 1.43. The summed E-state index contributed by atoms with van der Waals surface area (Å²) in [6.07, 6.45) is 4.74. The first-order valence-corrected chi connectivity index (χ1v) is 7.97. The quantitative estimate of drug-likeness (QED) is 0.592. The van der Waals surface area contributed by atoms with Crippen molar-refractivity contribution in [3.05, 3.63) is 41.1 Å². The van der Waals surface area contributed by atoms with Crippen molar-refractivity contribution in [3.63, 3.8) is 0 Å². The molecule has 0 fully saturated rings. The molecule has 2 aromatic rings. The molecule has 0 aliphatic carbocycles. The predicted molar refractivity (Wildman–Crippen MR) is 90.7 cm³/mol. The van der Waals surface area contributed by atoms with Crippen LogP contribution in [-0.2, 0) is 7.59 Å². The van der Waals surface area contributed by atoms with E-state index in [1.807, 2.05) is 13.0 Å². The summed E-state index contributed by atoms with van der Waals surface area (Å²) >= 11 is 34.7. The highest BCUT2D eigenvalue weighted by molar-refractivity contribution is 6.67. The molecule has 0 atom stereocenters. The second-order valence-corrected chi connectivity index (χ2v) is 8.70. The third-order valence-corrected chi connectivity index (χ3v) is 3.46. The van der Waals surface area contributed by atoms with Crippen LogP contribution in [0, 0.1) is 6.92 Å². The molecule has 2 heterocycles. The third kappa shape index (κ3) is 4.63. The minimum absolute atomic E-state index is 0.148. The Morgan fingerprint density at radius 1 is 0.909 bits per heavy atom. The molecule has 0 spiro atoms. The van der Waals surface area contributed by atoms with Gasteiger partial charge in [0.05, 0.1) is 6.26 Å². The first kappa shape index (κ1) is 18.1. The maximum atomic E-state index is 5.78. The van der Waals surface area contributed by atoms with E-state index < -0.39 is 7.59 Å². The van der Waals surface area contributed by atoms with Crippen LogP contribution in [0.3, 0.4) is 0 Å². The molecule has 0 bridgehead atoms. The van der Waals surface area contributed by atoms with Crippen LogP contribution in [0.15, 0.2) is 16.7 Å². The lowest BCUT2D eigenvalue weighted by atomic mass is 10.2. The largest absolute Gasteiger partial charge is 0.465 e. The molecule has 0 N–H and O–H groups in total. The summed E-state index contributed by atoms with van der Waals surface area (Å²) in [7, 11) is 0. The van der Waals surface area contributed by atoms with Crippen LogP contribution in [0.1, 0.15) is 28.8 Å². The van der Waals surface area contributed by atoms with Gasteiger partial charge in [-0.2, -0.15) is 0 Å². The zero-order valence-corrected chi connectivity index (χ0v) is 15.4. The van der Waals surface area contributed by atoms with Gasteiger partial charge in [-0.3, -0.25) is 0 Å². The van der Waals surface area contributed by atoms with E-state index in [9.17, 15) is 0 Å². The Balaban J connectivity index is 2.47. The summed E-state index contributed by atoms with van der Waals surface area (Å²) in [5.41, 5.74) is 0.938. The number of rotatable bonds is 2. The zero-order valence-electron chi connectivity index (χ0n) is 10.8. The molecule has 0 amide bonds. The lowest BCUT2D eigenvalue weighted by molar-refractivity contribution is 0.555. The van der Waals surface area contributed by atoms with E-state index in [0.29, 0.717) is 5.76 Å². The van der Waals surface area contributed by atoms with E-state index in [0.717, 1.165) is 5.56 Å². The molecule has 0 aliphatic heterocycles. The average Bonchev–Trinajstić information content (AvgIpc) is 2.79. The Morgan fingerprint density at radius 2 is 1.45 bits per heavy atom. The van der Waals surface area contributed by atoms with Crippen molar-refractivity contribution in [2.24, 2.45) is 0 Å². The summed E-state index contributed by atoms with van der Waals surface area (Å²) in [5, 5.41) is 0. The van der Waals surface area contributed by atoms with Gasteiger partial charge in [0.25, 0.3) is 0 Å². The molecular formula is C12H7Cl6N3O. The smallest absolute Gasteiger partial charge is 0.250 e. The van der Waals surface area contributed by atoms with Gasteiger partial charge in [0.1, 0.15) is 5.76 Å². The number of furan rings is 1. The van der Waals surface area contributed by atoms with Gasteiger partial charge in [0, 0.05) is 0 Å². The molecule has 4 nitrogen and oxygen atoms in total. The highest BCUT2D eigenvalue weighted by Gasteiger charge is 2.33. The van der Waals surface area contributed by atoms with Crippen molar-refractivity contribution in [3.8, 4) is 0 Å². The van der Waals surface area contributed by atoms with Gasteiger partial charge in [0.15, 0.2) is 17.5 Å². The minimum Gasteiger partial charge on any atom is -0.465 e. The first-order chi connectivity index (χ1) is 10.1. The van der Waals surface area contributed by atoms with Gasteiger partial charge in [-0.25, -0.2) is 15.0 Å². The fourth-order valence-corrected chi connectivity index (χ4v) is 1.93. The summed E-state index contributed by atoms with van der Waals surface area (Å²) < 4.78 is 1.51. The average molecular weight is 422 g/mol. The number of aryl methyl sites for hydroxylation is 1. The molecule has 0 unspecified atom stereocenters. The number of hydrogen-bond donors (Lipinski definition) is 0. The van der Waals surface area contributed by atoms with Crippen LogP contribution in [0.4, 0.5) is 0 Å². The normalized spacial score (nSPS) is 13.0. The standard InChI is InChI=1S/C12H7Cl6N3O/c1-6-4-5-22-7(6)2-3-8-19-9(11(13,14)15)21-10(20-8)12(16,17)18/h2-5H,1H3/b3-2+. The van der Waals surface area contributed by atoms with Crippen LogP contribution in [0.5, 0.6) is 0 Å². The number of aromatic nitrogens is 3. The topological polar surface area (TPSA) is 51.8 Å². The summed E-state index contributed by atoms with van der Waals surface area (Å²) in [6, 6.07) is 1.81. The molecule has 10 heteroatoms. The highest BCUT2D eigenvalue weighted by atomic mass is 35.6. The molecule has 22 heavy (non-hydrogen) atoms. The Morgan fingerprint density at radius 3 is 1.86 bits per heavy atom. The van der Waals surface area contributed by atoms with Crippen molar-refractivity contribution in [1.29, 1.82) is 0 Å². The molecule has 0 aliphatic rings. The summed E-state index contributed by atoms with van der Waals surface area (Å²) in [5.74, 6) is 0.494. The molecule has 0 saturated heterocycles. The second kappa shape index (κ2) is 6.71. The van der Waals surface area contributed by atoms with E-state index in [1.165, 1.54) is 6.08 Å². The molecule has 0 aromatic carbocycles. The van der Waals surface area contributed by atoms with Crippen molar-refractivity contribution < 1.29 is 4.42 Å². The maximum Gasteiger partial charge on any atom is 0.250 e. The maximum absolute atomic E-state index is 5.78. The van der Waals surface area contributed by atoms with Crippen molar-refractivity contribution >= 4 is 81.8 Å². The van der Waals surface area contributed by atoms with E-state index in [4.69, 9.17) is 74.0 Å². The molecule has 0 radical (unpaired) electrons. The molecule has 0 saturated carbocycles. The number of halogens is 6. The van der Waals surface area contributed by atoms with Gasteiger partial charge >= 0.3 is 0 Å².